The first-order chi connectivity index (χ1) is 4.49. The molecule has 0 unspecified atom stereocenters. The van der Waals surface area contributed by atoms with Crippen LogP contribution in [0.2, 0.25) is 0 Å². The summed E-state index contributed by atoms with van der Waals surface area (Å²) in [7, 11) is 0. The average Bonchev–Trinajstić information content (AvgIpc) is 1.81. The standard InChI is InChI=1S/C8H19NO.Hf/c1-5-9(6-2)7-8(3,4)10;/h10H,5-7H2,1-4H3;. The van der Waals surface area contributed by atoms with Gasteiger partial charge < -0.3 is 10.0 Å². The predicted octanol–water partition coefficient (Wildman–Crippen LogP) is 1.10. The summed E-state index contributed by atoms with van der Waals surface area (Å²) in [6.45, 7) is 10.7. The molecule has 0 saturated heterocycles. The zero-order chi connectivity index (χ0) is 8.20. The van der Waals surface area contributed by atoms with Gasteiger partial charge in [0.1, 0.15) is 0 Å². The molecule has 0 aliphatic carbocycles. The first-order valence-corrected chi connectivity index (χ1v) is 3.94. The van der Waals surface area contributed by atoms with Gasteiger partial charge in [0, 0.05) is 32.4 Å². The molecule has 0 rings (SSSR count). The first kappa shape index (κ1) is 14.3. The van der Waals surface area contributed by atoms with Crippen LogP contribution in [0.1, 0.15) is 27.7 Å². The van der Waals surface area contributed by atoms with Crippen molar-refractivity contribution in [3.8, 4) is 0 Å². The first-order valence-electron chi connectivity index (χ1n) is 3.94. The molecular formula is C8H19HfNO. The molecule has 0 bridgehead atoms. The van der Waals surface area contributed by atoms with E-state index >= 15 is 0 Å². The fourth-order valence-electron chi connectivity index (χ4n) is 0.994. The Bertz CT molecular complexity index is 86.6. The van der Waals surface area contributed by atoms with Crippen molar-refractivity contribution in [3.05, 3.63) is 0 Å². The van der Waals surface area contributed by atoms with Crippen molar-refractivity contribution >= 4 is 0 Å². The zero-order valence-electron chi connectivity index (χ0n) is 8.02. The van der Waals surface area contributed by atoms with Crippen molar-refractivity contribution in [1.29, 1.82) is 0 Å². The van der Waals surface area contributed by atoms with Crippen molar-refractivity contribution in [2.75, 3.05) is 19.6 Å². The van der Waals surface area contributed by atoms with E-state index in [2.05, 4.69) is 18.7 Å². The zero-order valence-corrected chi connectivity index (χ0v) is 11.6. The fourth-order valence-corrected chi connectivity index (χ4v) is 0.994. The summed E-state index contributed by atoms with van der Waals surface area (Å²) in [6, 6.07) is 0. The molecule has 66 valence electrons. The fraction of sp³-hybridized carbons (Fsp3) is 1.00. The van der Waals surface area contributed by atoms with E-state index in [0.717, 1.165) is 19.6 Å². The molecular weight excluding hydrogens is 305 g/mol. The molecule has 0 atom stereocenters. The van der Waals surface area contributed by atoms with Crippen LogP contribution in [-0.4, -0.2) is 35.2 Å². The second kappa shape index (κ2) is 6.32. The number of likely N-dealkylation sites (N-methyl/N-ethyl adjacent to an activating group) is 1. The summed E-state index contributed by atoms with van der Waals surface area (Å²) in [4.78, 5) is 2.21. The Morgan fingerprint density at radius 2 is 1.55 bits per heavy atom. The number of rotatable bonds is 4. The van der Waals surface area contributed by atoms with Gasteiger partial charge in [0.2, 0.25) is 0 Å². The molecule has 0 fully saturated rings. The summed E-state index contributed by atoms with van der Waals surface area (Å²) < 4.78 is 0. The molecule has 0 aliphatic heterocycles. The van der Waals surface area contributed by atoms with Gasteiger partial charge in [0.05, 0.1) is 5.60 Å². The van der Waals surface area contributed by atoms with Crippen LogP contribution in [0.5, 0.6) is 0 Å². The maximum Gasteiger partial charge on any atom is 0.0718 e. The van der Waals surface area contributed by atoms with Crippen LogP contribution >= 0.6 is 0 Å². The second-order valence-electron chi connectivity index (χ2n) is 3.27. The van der Waals surface area contributed by atoms with Gasteiger partial charge in [-0.05, 0) is 26.9 Å². The Balaban J connectivity index is 0. The van der Waals surface area contributed by atoms with Crippen LogP contribution in [-0.2, 0) is 25.8 Å². The van der Waals surface area contributed by atoms with Crippen molar-refractivity contribution < 1.29 is 30.9 Å². The van der Waals surface area contributed by atoms with E-state index in [-0.39, 0.29) is 25.8 Å². The maximum absolute atomic E-state index is 9.41. The van der Waals surface area contributed by atoms with Gasteiger partial charge in [0.15, 0.2) is 0 Å². The van der Waals surface area contributed by atoms with Crippen molar-refractivity contribution in [2.24, 2.45) is 0 Å². The third-order valence-electron chi connectivity index (χ3n) is 1.50. The molecule has 1 N–H and O–H groups in total. The van der Waals surface area contributed by atoms with Gasteiger partial charge in [-0.15, -0.1) is 0 Å². The number of nitrogens with zero attached hydrogens (tertiary/aromatic N) is 1. The van der Waals surface area contributed by atoms with E-state index in [0.29, 0.717) is 0 Å². The third kappa shape index (κ3) is 8.70. The maximum atomic E-state index is 9.41. The van der Waals surface area contributed by atoms with Crippen LogP contribution in [0.15, 0.2) is 0 Å². The minimum Gasteiger partial charge on any atom is -0.389 e. The summed E-state index contributed by atoms with van der Waals surface area (Å²) in [5, 5.41) is 9.41. The Hall–Kier alpha value is 0.790. The van der Waals surface area contributed by atoms with Gasteiger partial charge in [-0.3, -0.25) is 0 Å². The second-order valence-corrected chi connectivity index (χ2v) is 3.27. The van der Waals surface area contributed by atoms with Gasteiger partial charge in [-0.1, -0.05) is 13.8 Å². The van der Waals surface area contributed by atoms with E-state index in [9.17, 15) is 5.11 Å². The van der Waals surface area contributed by atoms with Crippen LogP contribution < -0.4 is 0 Å². The summed E-state index contributed by atoms with van der Waals surface area (Å²) in [5.41, 5.74) is -0.550. The normalized spacial score (nSPS) is 11.5. The van der Waals surface area contributed by atoms with Gasteiger partial charge >= 0.3 is 0 Å². The van der Waals surface area contributed by atoms with E-state index < -0.39 is 5.60 Å². The van der Waals surface area contributed by atoms with Gasteiger partial charge in [-0.2, -0.15) is 0 Å². The van der Waals surface area contributed by atoms with E-state index in [1.807, 2.05) is 13.8 Å². The predicted molar refractivity (Wildman–Crippen MR) is 44.1 cm³/mol. The van der Waals surface area contributed by atoms with E-state index in [4.69, 9.17) is 0 Å². The number of hydrogen-bond donors (Lipinski definition) is 1. The molecule has 0 aliphatic rings. The Morgan fingerprint density at radius 3 is 1.64 bits per heavy atom. The van der Waals surface area contributed by atoms with Gasteiger partial charge in [-0.25, -0.2) is 0 Å². The minimum atomic E-state index is -0.550. The van der Waals surface area contributed by atoms with Crippen LogP contribution in [0.4, 0.5) is 0 Å². The topological polar surface area (TPSA) is 23.5 Å². The summed E-state index contributed by atoms with van der Waals surface area (Å²) in [5.74, 6) is 0. The molecule has 0 saturated carbocycles. The molecule has 0 heterocycles. The SMILES string of the molecule is CCN(CC)CC(C)(C)O.[Hf]. The molecule has 0 aromatic heterocycles. The molecule has 3 heteroatoms. The van der Waals surface area contributed by atoms with Gasteiger partial charge in [0.25, 0.3) is 0 Å². The Labute approximate surface area is 88.8 Å². The van der Waals surface area contributed by atoms with Crippen molar-refractivity contribution in [3.63, 3.8) is 0 Å². The molecule has 0 radical (unpaired) electrons. The smallest absolute Gasteiger partial charge is 0.0718 e. The monoisotopic (exact) mass is 325 g/mol. The van der Waals surface area contributed by atoms with Crippen LogP contribution in [0.25, 0.3) is 0 Å². The number of aliphatic hydroxyl groups is 1. The van der Waals surface area contributed by atoms with Crippen LogP contribution in [0.3, 0.4) is 0 Å². The quantitative estimate of drug-likeness (QED) is 0.783. The molecule has 0 spiro atoms. The third-order valence-corrected chi connectivity index (χ3v) is 1.50. The molecule has 0 aromatic carbocycles. The van der Waals surface area contributed by atoms with Crippen molar-refractivity contribution in [1.82, 2.24) is 4.90 Å². The van der Waals surface area contributed by atoms with Crippen molar-refractivity contribution in [2.45, 2.75) is 33.3 Å². The Kier molecular flexibility index (Phi) is 8.23. The Morgan fingerprint density at radius 1 is 1.18 bits per heavy atom. The molecule has 0 aromatic rings. The number of hydrogen-bond acceptors (Lipinski definition) is 2. The van der Waals surface area contributed by atoms with Crippen LogP contribution in [0, 0.1) is 0 Å². The summed E-state index contributed by atoms with van der Waals surface area (Å²) in [6.07, 6.45) is 0. The molecule has 11 heavy (non-hydrogen) atoms. The molecule has 2 nitrogen and oxygen atoms in total. The molecule has 0 amide bonds. The summed E-state index contributed by atoms with van der Waals surface area (Å²) >= 11 is 0. The largest absolute Gasteiger partial charge is 0.389 e. The minimum absolute atomic E-state index is 0. The van der Waals surface area contributed by atoms with E-state index in [1.165, 1.54) is 0 Å². The van der Waals surface area contributed by atoms with E-state index in [1.54, 1.807) is 0 Å². The average molecular weight is 324 g/mol.